The minimum Gasteiger partial charge on any atom is -0.463 e. The Morgan fingerprint density at radius 1 is 1.00 bits per heavy atom. The van der Waals surface area contributed by atoms with Crippen molar-refractivity contribution in [2.24, 2.45) is 0 Å². The summed E-state index contributed by atoms with van der Waals surface area (Å²) in [5, 5.41) is 0. The standard InChI is InChI=1S/C12H16O3.C6H12/c1-4-15-12(14)8-10(2)6-5-7-11(3)9-13;1-2-4-6-5-3-1/h5-9H,4H2,1-3H3;1-6H2/b6-5?,10-8?,11-7+;. The predicted molar refractivity (Wildman–Crippen MR) is 87.1 cm³/mol. The lowest BCUT2D eigenvalue weighted by Gasteiger charge is -2.05. The summed E-state index contributed by atoms with van der Waals surface area (Å²) in [4.78, 5) is 21.3. The highest BCUT2D eigenvalue weighted by molar-refractivity contribution is 5.83. The van der Waals surface area contributed by atoms with Gasteiger partial charge in [0.2, 0.25) is 0 Å². The SMILES string of the molecule is C1CCCCC1.CCOC(=O)C=C(C)C=C/C=C(\C)C=O. The van der Waals surface area contributed by atoms with Crippen molar-refractivity contribution in [2.45, 2.75) is 59.3 Å². The molecule has 0 aromatic heterocycles. The van der Waals surface area contributed by atoms with Crippen LogP contribution in [0.25, 0.3) is 0 Å². The Labute approximate surface area is 128 Å². The van der Waals surface area contributed by atoms with Crippen LogP contribution < -0.4 is 0 Å². The molecule has 0 heterocycles. The van der Waals surface area contributed by atoms with E-state index in [4.69, 9.17) is 4.74 Å². The van der Waals surface area contributed by atoms with E-state index >= 15 is 0 Å². The number of carbonyl (C=O) groups is 2. The minimum absolute atomic E-state index is 0.351. The zero-order valence-corrected chi connectivity index (χ0v) is 13.6. The highest BCUT2D eigenvalue weighted by Crippen LogP contribution is 2.15. The molecule has 0 spiro atoms. The van der Waals surface area contributed by atoms with Crippen LogP contribution in [-0.4, -0.2) is 18.9 Å². The molecule has 0 aromatic carbocycles. The van der Waals surface area contributed by atoms with E-state index in [0.717, 1.165) is 11.9 Å². The molecule has 0 aliphatic heterocycles. The van der Waals surface area contributed by atoms with Gasteiger partial charge in [0.25, 0.3) is 0 Å². The van der Waals surface area contributed by atoms with Crippen molar-refractivity contribution in [1.82, 2.24) is 0 Å². The fraction of sp³-hybridized carbons (Fsp3) is 0.556. The molecular formula is C18H28O3. The van der Waals surface area contributed by atoms with Gasteiger partial charge in [0.05, 0.1) is 6.61 Å². The molecule has 3 nitrogen and oxygen atoms in total. The molecule has 0 atom stereocenters. The largest absolute Gasteiger partial charge is 0.463 e. The average Bonchev–Trinajstić information content (AvgIpc) is 2.49. The van der Waals surface area contributed by atoms with E-state index in [-0.39, 0.29) is 5.97 Å². The van der Waals surface area contributed by atoms with Crippen LogP contribution in [0.1, 0.15) is 59.3 Å². The number of hydrogen-bond acceptors (Lipinski definition) is 3. The van der Waals surface area contributed by atoms with Crippen LogP contribution in [0.2, 0.25) is 0 Å². The van der Waals surface area contributed by atoms with Crippen LogP contribution in [0, 0.1) is 0 Å². The number of esters is 1. The highest BCUT2D eigenvalue weighted by atomic mass is 16.5. The minimum atomic E-state index is -0.351. The van der Waals surface area contributed by atoms with E-state index in [0.29, 0.717) is 12.2 Å². The molecule has 1 rings (SSSR count). The first-order valence-electron chi connectivity index (χ1n) is 7.75. The number of aldehydes is 1. The van der Waals surface area contributed by atoms with Gasteiger partial charge in [-0.15, -0.1) is 0 Å². The highest BCUT2D eigenvalue weighted by Gasteiger charge is 1.95. The lowest BCUT2D eigenvalue weighted by molar-refractivity contribution is -0.137. The molecule has 0 N–H and O–H groups in total. The number of hydrogen-bond donors (Lipinski definition) is 0. The van der Waals surface area contributed by atoms with Crippen LogP contribution in [0.3, 0.4) is 0 Å². The summed E-state index contributed by atoms with van der Waals surface area (Å²) in [7, 11) is 0. The summed E-state index contributed by atoms with van der Waals surface area (Å²) in [6, 6.07) is 0. The lowest BCUT2D eigenvalue weighted by atomic mass is 10.0. The molecule has 118 valence electrons. The summed E-state index contributed by atoms with van der Waals surface area (Å²) in [5.41, 5.74) is 1.42. The Balaban J connectivity index is 0.000000547. The maximum atomic E-state index is 11.0. The predicted octanol–water partition coefficient (Wildman–Crippen LogP) is 4.54. The van der Waals surface area contributed by atoms with E-state index in [1.54, 1.807) is 39.0 Å². The van der Waals surface area contributed by atoms with Crippen molar-refractivity contribution in [3.63, 3.8) is 0 Å². The molecule has 1 saturated carbocycles. The first-order valence-corrected chi connectivity index (χ1v) is 7.75. The first-order chi connectivity index (χ1) is 10.1. The maximum Gasteiger partial charge on any atom is 0.330 e. The summed E-state index contributed by atoms with van der Waals surface area (Å²) in [6.07, 6.45) is 16.3. The Morgan fingerprint density at radius 2 is 1.52 bits per heavy atom. The summed E-state index contributed by atoms with van der Waals surface area (Å²) < 4.78 is 4.74. The van der Waals surface area contributed by atoms with Crippen molar-refractivity contribution in [2.75, 3.05) is 6.61 Å². The van der Waals surface area contributed by atoms with E-state index < -0.39 is 0 Å². The van der Waals surface area contributed by atoms with Crippen LogP contribution in [0.5, 0.6) is 0 Å². The van der Waals surface area contributed by atoms with Gasteiger partial charge in [0.1, 0.15) is 6.29 Å². The van der Waals surface area contributed by atoms with Crippen molar-refractivity contribution in [3.8, 4) is 0 Å². The van der Waals surface area contributed by atoms with Gasteiger partial charge in [-0.1, -0.05) is 56.8 Å². The molecule has 21 heavy (non-hydrogen) atoms. The zero-order valence-electron chi connectivity index (χ0n) is 13.6. The first kappa shape index (κ1) is 19.4. The van der Waals surface area contributed by atoms with Crippen LogP contribution in [0.15, 0.2) is 35.5 Å². The number of carbonyl (C=O) groups excluding carboxylic acids is 2. The molecule has 0 saturated heterocycles. The van der Waals surface area contributed by atoms with Gasteiger partial charge in [-0.05, 0) is 31.9 Å². The van der Waals surface area contributed by atoms with Crippen molar-refractivity contribution in [1.29, 1.82) is 0 Å². The lowest BCUT2D eigenvalue weighted by Crippen LogP contribution is -1.99. The van der Waals surface area contributed by atoms with Crippen molar-refractivity contribution < 1.29 is 14.3 Å². The molecule has 0 unspecified atom stereocenters. The second-order valence-corrected chi connectivity index (χ2v) is 5.15. The molecule has 3 heteroatoms. The summed E-state index contributed by atoms with van der Waals surface area (Å²) in [5.74, 6) is -0.351. The van der Waals surface area contributed by atoms with Gasteiger partial charge < -0.3 is 4.74 Å². The monoisotopic (exact) mass is 292 g/mol. The fourth-order valence-corrected chi connectivity index (χ4v) is 1.87. The molecule has 1 aliphatic carbocycles. The fourth-order valence-electron chi connectivity index (χ4n) is 1.87. The number of allylic oxidation sites excluding steroid dienone is 5. The second-order valence-electron chi connectivity index (χ2n) is 5.15. The molecule has 0 radical (unpaired) electrons. The second kappa shape index (κ2) is 13.3. The summed E-state index contributed by atoms with van der Waals surface area (Å²) >= 11 is 0. The van der Waals surface area contributed by atoms with E-state index in [1.807, 2.05) is 0 Å². The molecule has 0 amide bonds. The third-order valence-corrected chi connectivity index (χ3v) is 3.04. The normalized spacial score (nSPS) is 16.1. The zero-order chi connectivity index (χ0) is 15.9. The Kier molecular flexibility index (Phi) is 12.3. The van der Waals surface area contributed by atoms with Crippen molar-refractivity contribution >= 4 is 12.3 Å². The maximum absolute atomic E-state index is 11.0. The third-order valence-electron chi connectivity index (χ3n) is 3.04. The van der Waals surface area contributed by atoms with Gasteiger partial charge in [0.15, 0.2) is 0 Å². The van der Waals surface area contributed by atoms with Gasteiger partial charge >= 0.3 is 5.97 Å². The van der Waals surface area contributed by atoms with Gasteiger partial charge in [-0.3, -0.25) is 4.79 Å². The van der Waals surface area contributed by atoms with Gasteiger partial charge in [-0.2, -0.15) is 0 Å². The quantitative estimate of drug-likeness (QED) is 0.323. The molecular weight excluding hydrogens is 264 g/mol. The topological polar surface area (TPSA) is 43.4 Å². The Hall–Kier alpha value is -1.64. The molecule has 1 aliphatic rings. The van der Waals surface area contributed by atoms with E-state index in [2.05, 4.69) is 0 Å². The number of ether oxygens (including phenoxy) is 1. The van der Waals surface area contributed by atoms with Crippen molar-refractivity contribution in [3.05, 3.63) is 35.5 Å². The van der Waals surface area contributed by atoms with Crippen LogP contribution in [0.4, 0.5) is 0 Å². The average molecular weight is 292 g/mol. The van der Waals surface area contributed by atoms with Gasteiger partial charge in [-0.25, -0.2) is 4.79 Å². The Morgan fingerprint density at radius 3 is 1.95 bits per heavy atom. The third kappa shape index (κ3) is 13.1. The molecule has 1 fully saturated rings. The van der Waals surface area contributed by atoms with Gasteiger partial charge in [0, 0.05) is 6.08 Å². The summed E-state index contributed by atoms with van der Waals surface area (Å²) in [6.45, 7) is 5.63. The molecule has 0 aromatic rings. The van der Waals surface area contributed by atoms with Crippen LogP contribution in [-0.2, 0) is 14.3 Å². The smallest absolute Gasteiger partial charge is 0.330 e. The Bertz CT molecular complexity index is 374. The van der Waals surface area contributed by atoms with E-state index in [9.17, 15) is 9.59 Å². The molecule has 0 bridgehead atoms. The van der Waals surface area contributed by atoms with E-state index in [1.165, 1.54) is 44.6 Å². The van der Waals surface area contributed by atoms with Crippen LogP contribution >= 0.6 is 0 Å². The number of rotatable bonds is 5.